The minimum atomic E-state index is -0.448. The molecule has 2 N–H and O–H groups in total. The molecule has 8 heteroatoms. The first-order valence-electron chi connectivity index (χ1n) is 7.95. The van der Waals surface area contributed by atoms with Gasteiger partial charge in [-0.05, 0) is 44.2 Å². The SMILES string of the molecule is COc1ccc(NC(=O)Nc2ccc3c(c2)oc(=O)n3C(C)C)cc1Cl. The molecule has 3 aromatic rings. The summed E-state index contributed by atoms with van der Waals surface area (Å²) in [5.74, 6) is 0.0947. The van der Waals surface area contributed by atoms with Crippen LogP contribution >= 0.6 is 11.6 Å². The molecule has 1 heterocycles. The van der Waals surface area contributed by atoms with Crippen LogP contribution in [-0.2, 0) is 0 Å². The minimum Gasteiger partial charge on any atom is -0.495 e. The largest absolute Gasteiger partial charge is 0.495 e. The Morgan fingerprint density at radius 3 is 2.42 bits per heavy atom. The molecule has 0 bridgehead atoms. The molecule has 0 atom stereocenters. The maximum atomic E-state index is 12.2. The Kier molecular flexibility index (Phi) is 4.90. The van der Waals surface area contributed by atoms with Crippen molar-refractivity contribution in [3.8, 4) is 5.75 Å². The van der Waals surface area contributed by atoms with Crippen molar-refractivity contribution < 1.29 is 13.9 Å². The number of hydrogen-bond donors (Lipinski definition) is 2. The molecule has 0 spiro atoms. The van der Waals surface area contributed by atoms with Crippen LogP contribution in [0.25, 0.3) is 11.1 Å². The number of nitrogens with one attached hydrogen (secondary N) is 2. The Labute approximate surface area is 154 Å². The third kappa shape index (κ3) is 3.52. The van der Waals surface area contributed by atoms with Gasteiger partial charge in [0.25, 0.3) is 0 Å². The molecular formula is C18H18ClN3O4. The van der Waals surface area contributed by atoms with Gasteiger partial charge in [-0.15, -0.1) is 0 Å². The Balaban J connectivity index is 1.77. The van der Waals surface area contributed by atoms with Gasteiger partial charge in [0.2, 0.25) is 0 Å². The molecule has 2 aromatic carbocycles. The van der Waals surface area contributed by atoms with Crippen LogP contribution in [0.1, 0.15) is 19.9 Å². The van der Waals surface area contributed by atoms with Crippen LogP contribution in [-0.4, -0.2) is 17.7 Å². The lowest BCUT2D eigenvalue weighted by Crippen LogP contribution is -2.19. The Morgan fingerprint density at radius 2 is 1.81 bits per heavy atom. The Morgan fingerprint density at radius 1 is 1.15 bits per heavy atom. The number of amides is 2. The number of urea groups is 1. The number of rotatable bonds is 4. The number of aromatic nitrogens is 1. The van der Waals surface area contributed by atoms with Crippen LogP contribution < -0.4 is 21.1 Å². The van der Waals surface area contributed by atoms with E-state index in [1.165, 1.54) is 7.11 Å². The Hall–Kier alpha value is -2.93. The lowest BCUT2D eigenvalue weighted by molar-refractivity contribution is 0.262. The molecule has 1 aromatic heterocycles. The summed E-state index contributed by atoms with van der Waals surface area (Å²) in [5.41, 5.74) is 2.11. The zero-order valence-corrected chi connectivity index (χ0v) is 15.3. The number of halogens is 1. The zero-order chi connectivity index (χ0) is 18.8. The molecule has 0 saturated heterocycles. The van der Waals surface area contributed by atoms with Crippen LogP contribution in [0.4, 0.5) is 16.2 Å². The van der Waals surface area contributed by atoms with E-state index in [1.807, 2.05) is 13.8 Å². The van der Waals surface area contributed by atoms with Gasteiger partial charge in [-0.25, -0.2) is 9.59 Å². The van der Waals surface area contributed by atoms with Gasteiger partial charge in [0.1, 0.15) is 5.75 Å². The number of nitrogens with zero attached hydrogens (tertiary/aromatic N) is 1. The first-order chi connectivity index (χ1) is 12.4. The zero-order valence-electron chi connectivity index (χ0n) is 14.5. The third-order valence-corrected chi connectivity index (χ3v) is 4.09. The smallest absolute Gasteiger partial charge is 0.420 e. The first-order valence-corrected chi connectivity index (χ1v) is 8.33. The first kappa shape index (κ1) is 17.9. The fraction of sp³-hybridized carbons (Fsp3) is 0.222. The summed E-state index contributed by atoms with van der Waals surface area (Å²) in [4.78, 5) is 24.1. The predicted molar refractivity (Wildman–Crippen MR) is 102 cm³/mol. The molecule has 26 heavy (non-hydrogen) atoms. The molecule has 2 amide bonds. The molecular weight excluding hydrogens is 358 g/mol. The van der Waals surface area contributed by atoms with Crippen LogP contribution in [0.5, 0.6) is 5.75 Å². The van der Waals surface area contributed by atoms with E-state index < -0.39 is 11.8 Å². The summed E-state index contributed by atoms with van der Waals surface area (Å²) >= 11 is 6.04. The second-order valence-corrected chi connectivity index (χ2v) is 6.35. The molecule has 7 nitrogen and oxygen atoms in total. The van der Waals surface area contributed by atoms with Crippen molar-refractivity contribution >= 4 is 40.1 Å². The minimum absolute atomic E-state index is 0.0225. The number of oxazole rings is 1. The average molecular weight is 376 g/mol. The molecule has 3 rings (SSSR count). The van der Waals surface area contributed by atoms with Gasteiger partial charge in [-0.3, -0.25) is 4.57 Å². The molecule has 0 saturated carbocycles. The van der Waals surface area contributed by atoms with Crippen LogP contribution in [0.3, 0.4) is 0 Å². The molecule has 0 aliphatic carbocycles. The molecule has 0 aliphatic rings. The number of carbonyl (C=O) groups excluding carboxylic acids is 1. The molecule has 136 valence electrons. The summed E-state index contributed by atoms with van der Waals surface area (Å²) < 4.78 is 11.9. The van der Waals surface area contributed by atoms with Crippen molar-refractivity contribution in [3.63, 3.8) is 0 Å². The molecule has 0 unspecified atom stereocenters. The van der Waals surface area contributed by atoms with Crippen LogP contribution in [0.15, 0.2) is 45.6 Å². The second kappa shape index (κ2) is 7.13. The Bertz CT molecular complexity index is 1020. The van der Waals surface area contributed by atoms with E-state index in [2.05, 4.69) is 10.6 Å². The number of fused-ring (bicyclic) bond motifs is 1. The van der Waals surface area contributed by atoms with Gasteiger partial charge in [-0.1, -0.05) is 11.6 Å². The average Bonchev–Trinajstić information content (AvgIpc) is 2.90. The monoisotopic (exact) mass is 375 g/mol. The van der Waals surface area contributed by atoms with Crippen LogP contribution in [0, 0.1) is 0 Å². The highest BCUT2D eigenvalue weighted by Crippen LogP contribution is 2.27. The maximum absolute atomic E-state index is 12.2. The normalized spacial score (nSPS) is 11.0. The summed E-state index contributed by atoms with van der Waals surface area (Å²) in [6, 6.07) is 9.50. The summed E-state index contributed by atoms with van der Waals surface area (Å²) in [6.45, 7) is 3.80. The number of benzene rings is 2. The topological polar surface area (TPSA) is 85.5 Å². The van der Waals surface area contributed by atoms with Gasteiger partial charge in [0.05, 0.1) is 17.6 Å². The lowest BCUT2D eigenvalue weighted by atomic mass is 10.2. The lowest BCUT2D eigenvalue weighted by Gasteiger charge is -2.10. The van der Waals surface area contributed by atoms with E-state index in [-0.39, 0.29) is 6.04 Å². The van der Waals surface area contributed by atoms with Crippen molar-refractivity contribution in [2.75, 3.05) is 17.7 Å². The highest BCUT2D eigenvalue weighted by molar-refractivity contribution is 6.32. The van der Waals surface area contributed by atoms with Gasteiger partial charge in [-0.2, -0.15) is 0 Å². The van der Waals surface area contributed by atoms with Gasteiger partial charge in [0.15, 0.2) is 5.58 Å². The number of ether oxygens (including phenoxy) is 1. The third-order valence-electron chi connectivity index (χ3n) is 3.80. The van der Waals surface area contributed by atoms with Crippen molar-refractivity contribution in [3.05, 3.63) is 52.0 Å². The van der Waals surface area contributed by atoms with E-state index in [4.69, 9.17) is 20.8 Å². The fourth-order valence-electron chi connectivity index (χ4n) is 2.64. The van der Waals surface area contributed by atoms with E-state index in [0.29, 0.717) is 33.2 Å². The highest BCUT2D eigenvalue weighted by atomic mass is 35.5. The quantitative estimate of drug-likeness (QED) is 0.703. The van der Waals surface area contributed by atoms with E-state index in [9.17, 15) is 9.59 Å². The number of carbonyl (C=O) groups is 1. The second-order valence-electron chi connectivity index (χ2n) is 5.94. The summed E-state index contributed by atoms with van der Waals surface area (Å²) in [5, 5.41) is 5.76. The van der Waals surface area contributed by atoms with Crippen molar-refractivity contribution in [2.24, 2.45) is 0 Å². The molecule has 0 aliphatic heterocycles. The van der Waals surface area contributed by atoms with Crippen molar-refractivity contribution in [1.29, 1.82) is 0 Å². The van der Waals surface area contributed by atoms with Crippen molar-refractivity contribution in [1.82, 2.24) is 4.57 Å². The van der Waals surface area contributed by atoms with Crippen molar-refractivity contribution in [2.45, 2.75) is 19.9 Å². The van der Waals surface area contributed by atoms with Gasteiger partial charge >= 0.3 is 11.8 Å². The summed E-state index contributed by atoms with van der Waals surface area (Å²) in [7, 11) is 1.52. The highest BCUT2D eigenvalue weighted by Gasteiger charge is 2.13. The molecule has 0 radical (unpaired) electrons. The number of anilines is 2. The fourth-order valence-corrected chi connectivity index (χ4v) is 2.90. The van der Waals surface area contributed by atoms with Gasteiger partial charge < -0.3 is 19.8 Å². The van der Waals surface area contributed by atoms with Gasteiger partial charge in [0, 0.05) is 23.5 Å². The standard InChI is InChI=1S/C18H18ClN3O4/c1-10(2)22-14-6-4-12(9-16(14)26-18(22)24)21-17(23)20-11-5-7-15(25-3)13(19)8-11/h4-10H,1-3H3,(H2,20,21,23). The number of hydrogen-bond acceptors (Lipinski definition) is 4. The van der Waals surface area contributed by atoms with E-state index in [1.54, 1.807) is 41.0 Å². The predicted octanol–water partition coefficient (Wildman–Crippen LogP) is 4.48. The maximum Gasteiger partial charge on any atom is 0.420 e. The van der Waals surface area contributed by atoms with E-state index >= 15 is 0 Å². The molecule has 0 fully saturated rings. The summed E-state index contributed by atoms with van der Waals surface area (Å²) in [6.07, 6.45) is 0. The number of methoxy groups -OCH3 is 1. The van der Waals surface area contributed by atoms with Crippen LogP contribution in [0.2, 0.25) is 5.02 Å². The van der Waals surface area contributed by atoms with E-state index in [0.717, 1.165) is 0 Å².